The van der Waals surface area contributed by atoms with Gasteiger partial charge in [0.25, 0.3) is 0 Å². The predicted molar refractivity (Wildman–Crippen MR) is 55.6 cm³/mol. The first-order valence-electron chi connectivity index (χ1n) is 4.37. The van der Waals surface area contributed by atoms with Crippen LogP contribution < -0.4 is 5.32 Å². The first-order valence-corrected chi connectivity index (χ1v) is 4.37. The summed E-state index contributed by atoms with van der Waals surface area (Å²) in [6, 6.07) is 9.59. The molecule has 2 rings (SSSR count). The Morgan fingerprint density at radius 2 is 2.21 bits per heavy atom. The lowest BCUT2D eigenvalue weighted by Crippen LogP contribution is -2.13. The molecule has 68 valence electrons. The molecule has 1 N–H and O–H groups in total. The summed E-state index contributed by atoms with van der Waals surface area (Å²) in [6.45, 7) is 0.748. The number of benzene rings is 1. The van der Waals surface area contributed by atoms with Crippen LogP contribution in [0.1, 0.15) is 11.1 Å². The van der Waals surface area contributed by atoms with Crippen LogP contribution in [-0.4, -0.2) is 12.8 Å². The molecule has 0 atom stereocenters. The summed E-state index contributed by atoms with van der Waals surface area (Å²) < 4.78 is 0. The van der Waals surface area contributed by atoms with E-state index >= 15 is 0 Å². The first-order chi connectivity index (χ1) is 6.92. The Balaban J connectivity index is 2.46. The fraction of sp³-hybridized carbons (Fsp3) is 0.0909. The molecule has 1 aromatic rings. The molecule has 3 nitrogen and oxygen atoms in total. The van der Waals surface area contributed by atoms with Gasteiger partial charge < -0.3 is 5.32 Å². The molecule has 0 amide bonds. The van der Waals surface area contributed by atoms with Crippen LogP contribution in [0.25, 0.3) is 5.70 Å². The highest BCUT2D eigenvalue weighted by atomic mass is 14.9. The van der Waals surface area contributed by atoms with E-state index in [1.807, 2.05) is 24.4 Å². The van der Waals surface area contributed by atoms with Crippen molar-refractivity contribution in [2.75, 3.05) is 6.54 Å². The van der Waals surface area contributed by atoms with Crippen LogP contribution in [0, 0.1) is 11.3 Å². The van der Waals surface area contributed by atoms with Crippen molar-refractivity contribution in [1.82, 2.24) is 5.32 Å². The van der Waals surface area contributed by atoms with Gasteiger partial charge in [0.15, 0.2) is 0 Å². The fourth-order valence-electron chi connectivity index (χ4n) is 1.34. The summed E-state index contributed by atoms with van der Waals surface area (Å²) in [5.74, 6) is 0. The molecule has 0 fully saturated rings. The molecule has 0 saturated heterocycles. The van der Waals surface area contributed by atoms with Crippen LogP contribution >= 0.6 is 0 Å². The van der Waals surface area contributed by atoms with Crippen molar-refractivity contribution >= 4 is 11.9 Å². The van der Waals surface area contributed by atoms with Crippen molar-refractivity contribution in [3.8, 4) is 6.07 Å². The zero-order valence-electron chi connectivity index (χ0n) is 7.57. The Bertz CT molecular complexity index is 438. The number of nitriles is 1. The van der Waals surface area contributed by atoms with E-state index in [4.69, 9.17) is 5.26 Å². The zero-order valence-corrected chi connectivity index (χ0v) is 7.57. The van der Waals surface area contributed by atoms with Crippen molar-refractivity contribution in [1.29, 1.82) is 5.26 Å². The third-order valence-electron chi connectivity index (χ3n) is 2.00. The van der Waals surface area contributed by atoms with Crippen LogP contribution in [0.15, 0.2) is 35.5 Å². The molecular formula is C11H9N3. The molecule has 0 aromatic heterocycles. The highest BCUT2D eigenvalue weighted by Crippen LogP contribution is 2.19. The maximum absolute atomic E-state index is 8.90. The Morgan fingerprint density at radius 1 is 1.36 bits per heavy atom. The lowest BCUT2D eigenvalue weighted by Gasteiger charge is -2.08. The van der Waals surface area contributed by atoms with Gasteiger partial charge in [0, 0.05) is 24.5 Å². The standard InChI is InChI=1S/C11H9N3/c12-7-9-3-1-2-4-10(9)11-8-13-5-6-14-11/h1-4,6,8,13H,5H2. The van der Waals surface area contributed by atoms with Crippen LogP contribution in [0.5, 0.6) is 0 Å². The molecule has 0 saturated carbocycles. The third kappa shape index (κ3) is 1.50. The van der Waals surface area contributed by atoms with Crippen molar-refractivity contribution in [2.24, 2.45) is 4.99 Å². The number of rotatable bonds is 1. The number of nitrogens with zero attached hydrogens (tertiary/aromatic N) is 2. The van der Waals surface area contributed by atoms with E-state index in [1.165, 1.54) is 0 Å². The molecule has 1 heterocycles. The molecule has 0 aliphatic carbocycles. The van der Waals surface area contributed by atoms with Crippen LogP contribution in [0.2, 0.25) is 0 Å². The maximum atomic E-state index is 8.90. The molecule has 14 heavy (non-hydrogen) atoms. The van der Waals surface area contributed by atoms with E-state index in [0.717, 1.165) is 17.8 Å². The zero-order chi connectivity index (χ0) is 9.80. The second-order valence-electron chi connectivity index (χ2n) is 2.91. The summed E-state index contributed by atoms with van der Waals surface area (Å²) >= 11 is 0. The highest BCUT2D eigenvalue weighted by molar-refractivity contribution is 5.79. The predicted octanol–water partition coefficient (Wildman–Crippen LogP) is 1.53. The molecular weight excluding hydrogens is 174 g/mol. The van der Waals surface area contributed by atoms with E-state index in [-0.39, 0.29) is 0 Å². The largest absolute Gasteiger partial charge is 0.384 e. The van der Waals surface area contributed by atoms with E-state index in [2.05, 4.69) is 16.4 Å². The van der Waals surface area contributed by atoms with Gasteiger partial charge in [-0.1, -0.05) is 18.2 Å². The smallest absolute Gasteiger partial charge is 0.0998 e. The lowest BCUT2D eigenvalue weighted by atomic mass is 10.1. The average molecular weight is 183 g/mol. The quantitative estimate of drug-likeness (QED) is 0.717. The van der Waals surface area contributed by atoms with Crippen molar-refractivity contribution < 1.29 is 0 Å². The first kappa shape index (κ1) is 8.52. The van der Waals surface area contributed by atoms with Gasteiger partial charge in [-0.05, 0) is 6.07 Å². The molecule has 1 aliphatic heterocycles. The van der Waals surface area contributed by atoms with E-state index < -0.39 is 0 Å². The summed E-state index contributed by atoms with van der Waals surface area (Å²) in [5.41, 5.74) is 2.34. The van der Waals surface area contributed by atoms with Crippen LogP contribution in [-0.2, 0) is 0 Å². The minimum absolute atomic E-state index is 0.652. The van der Waals surface area contributed by atoms with Crippen LogP contribution in [0.3, 0.4) is 0 Å². The summed E-state index contributed by atoms with van der Waals surface area (Å²) in [6.07, 6.45) is 3.62. The summed E-state index contributed by atoms with van der Waals surface area (Å²) in [5, 5.41) is 12.0. The monoisotopic (exact) mass is 183 g/mol. The van der Waals surface area contributed by atoms with Crippen molar-refractivity contribution in [3.05, 3.63) is 41.6 Å². The molecule has 1 aromatic carbocycles. The fourth-order valence-corrected chi connectivity index (χ4v) is 1.34. The van der Waals surface area contributed by atoms with E-state index in [9.17, 15) is 0 Å². The molecule has 0 spiro atoms. The van der Waals surface area contributed by atoms with E-state index in [0.29, 0.717) is 5.56 Å². The number of aliphatic imine (C=N–C) groups is 1. The van der Waals surface area contributed by atoms with E-state index in [1.54, 1.807) is 12.3 Å². The maximum Gasteiger partial charge on any atom is 0.0998 e. The van der Waals surface area contributed by atoms with Gasteiger partial charge in [0.1, 0.15) is 0 Å². The Labute approximate surface area is 82.4 Å². The SMILES string of the molecule is N#Cc1ccccc1C1=CNCC=N1. The van der Waals surface area contributed by atoms with Gasteiger partial charge in [0.2, 0.25) is 0 Å². The number of hydrogen-bond acceptors (Lipinski definition) is 3. The van der Waals surface area contributed by atoms with Gasteiger partial charge >= 0.3 is 0 Å². The van der Waals surface area contributed by atoms with Gasteiger partial charge in [-0.25, -0.2) is 0 Å². The second kappa shape index (κ2) is 3.75. The average Bonchev–Trinajstić information content (AvgIpc) is 2.30. The van der Waals surface area contributed by atoms with Crippen molar-refractivity contribution in [2.45, 2.75) is 0 Å². The highest BCUT2D eigenvalue weighted by Gasteiger charge is 2.06. The third-order valence-corrected chi connectivity index (χ3v) is 2.00. The molecule has 0 unspecified atom stereocenters. The molecule has 0 bridgehead atoms. The number of nitrogens with one attached hydrogen (secondary N) is 1. The van der Waals surface area contributed by atoms with Gasteiger partial charge in [-0.3, -0.25) is 4.99 Å². The summed E-state index contributed by atoms with van der Waals surface area (Å²) in [4.78, 5) is 4.23. The van der Waals surface area contributed by atoms with Gasteiger partial charge in [-0.2, -0.15) is 5.26 Å². The topological polar surface area (TPSA) is 48.2 Å². The summed E-state index contributed by atoms with van der Waals surface area (Å²) in [7, 11) is 0. The molecule has 0 radical (unpaired) electrons. The Hall–Kier alpha value is -2.08. The van der Waals surface area contributed by atoms with Crippen molar-refractivity contribution in [3.63, 3.8) is 0 Å². The minimum Gasteiger partial charge on any atom is -0.384 e. The van der Waals surface area contributed by atoms with Gasteiger partial charge in [-0.15, -0.1) is 0 Å². The normalized spacial score (nSPS) is 14.1. The van der Waals surface area contributed by atoms with Gasteiger partial charge in [0.05, 0.1) is 17.3 Å². The van der Waals surface area contributed by atoms with Crippen LogP contribution in [0.4, 0.5) is 0 Å². The minimum atomic E-state index is 0.652. The Morgan fingerprint density at radius 3 is 2.93 bits per heavy atom. The Kier molecular flexibility index (Phi) is 2.28. The molecule has 3 heteroatoms. The second-order valence-corrected chi connectivity index (χ2v) is 2.91. The lowest BCUT2D eigenvalue weighted by molar-refractivity contribution is 1.01. The number of hydrogen-bond donors (Lipinski definition) is 1. The molecule has 1 aliphatic rings.